The van der Waals surface area contributed by atoms with E-state index in [2.05, 4.69) is 76.6 Å². The van der Waals surface area contributed by atoms with Gasteiger partial charge in [-0.1, -0.05) is 60.7 Å². The molecule has 2 fully saturated rings. The van der Waals surface area contributed by atoms with E-state index in [1.54, 1.807) is 7.11 Å². The van der Waals surface area contributed by atoms with Gasteiger partial charge < -0.3 is 10.1 Å². The second kappa shape index (κ2) is 9.77. The van der Waals surface area contributed by atoms with Gasteiger partial charge in [-0.3, -0.25) is 14.6 Å². The van der Waals surface area contributed by atoms with Crippen LogP contribution < -0.4 is 10.1 Å². The van der Waals surface area contributed by atoms with Crippen LogP contribution in [0.25, 0.3) is 10.8 Å². The highest BCUT2D eigenvalue weighted by atomic mass is 16.5. The molecule has 0 radical (unpaired) electrons. The number of nitrogens with zero attached hydrogens (tertiary/aromatic N) is 2. The Kier molecular flexibility index (Phi) is 6.57. The fraction of sp³-hybridized carbons (Fsp3) is 0.414. The average Bonchev–Trinajstić information content (AvgIpc) is 2.87. The smallest absolute Gasteiger partial charge is 0.240 e. The van der Waals surface area contributed by atoms with Crippen LogP contribution in [0.3, 0.4) is 0 Å². The van der Waals surface area contributed by atoms with E-state index in [9.17, 15) is 4.79 Å². The van der Waals surface area contributed by atoms with E-state index < -0.39 is 5.54 Å². The predicted octanol–water partition coefficient (Wildman–Crippen LogP) is 4.59. The highest BCUT2D eigenvalue weighted by molar-refractivity contribution is 5.91. The summed E-state index contributed by atoms with van der Waals surface area (Å²) >= 11 is 0. The molecule has 2 heterocycles. The fourth-order valence-corrected chi connectivity index (χ4v) is 5.39. The number of carbonyl (C=O) groups excluding carboxylic acids is 1. The Morgan fingerprint density at radius 2 is 1.65 bits per heavy atom. The Hall–Kier alpha value is -2.89. The first-order valence-electron chi connectivity index (χ1n) is 12.4. The molecule has 2 aliphatic rings. The summed E-state index contributed by atoms with van der Waals surface area (Å²) in [7, 11) is 1.71. The Bertz CT molecular complexity index is 1140. The van der Waals surface area contributed by atoms with Gasteiger partial charge in [-0.25, -0.2) is 0 Å². The van der Waals surface area contributed by atoms with Gasteiger partial charge in [-0.05, 0) is 48.8 Å². The number of benzene rings is 3. The number of carbonyl (C=O) groups is 1. The normalized spacial score (nSPS) is 21.8. The van der Waals surface area contributed by atoms with Crippen molar-refractivity contribution in [3.8, 4) is 5.75 Å². The third-order valence-electron chi connectivity index (χ3n) is 7.78. The maximum Gasteiger partial charge on any atom is 0.240 e. The fourth-order valence-electron chi connectivity index (χ4n) is 5.39. The molecular weight excluding hydrogens is 422 g/mol. The molecule has 1 amide bonds. The SMILES string of the molecule is COc1ccc(CN2CC[C@@]2(C)C(=O)NC2CCN(Cc3ccccc3)CC2)c2ccccc12. The third kappa shape index (κ3) is 4.55. The molecule has 0 aliphatic carbocycles. The standard InChI is InChI=1S/C29H35N3O2/c1-29(28(33)30-24-14-17-31(18-15-24)20-22-8-4-3-5-9-22)16-19-32(29)21-23-12-13-27(34-2)26-11-7-6-10-25(23)26/h3-13,24H,14-21H2,1-2H3,(H,30,33)/t29-/m0/s1. The minimum absolute atomic E-state index is 0.179. The van der Waals surface area contributed by atoms with Crippen molar-refractivity contribution in [2.24, 2.45) is 0 Å². The molecule has 0 saturated carbocycles. The number of rotatable bonds is 7. The van der Waals surface area contributed by atoms with Crippen molar-refractivity contribution in [3.63, 3.8) is 0 Å². The molecule has 0 spiro atoms. The second-order valence-electron chi connectivity index (χ2n) is 9.93. The Morgan fingerprint density at radius 3 is 2.32 bits per heavy atom. The molecule has 5 nitrogen and oxygen atoms in total. The second-order valence-corrected chi connectivity index (χ2v) is 9.93. The number of nitrogens with one attached hydrogen (secondary N) is 1. The highest BCUT2D eigenvalue weighted by Gasteiger charge is 2.47. The summed E-state index contributed by atoms with van der Waals surface area (Å²) in [5.74, 6) is 1.07. The van der Waals surface area contributed by atoms with Crippen molar-refractivity contribution >= 4 is 16.7 Å². The van der Waals surface area contributed by atoms with Crippen molar-refractivity contribution in [2.75, 3.05) is 26.7 Å². The molecule has 34 heavy (non-hydrogen) atoms. The average molecular weight is 458 g/mol. The Morgan fingerprint density at radius 1 is 0.941 bits per heavy atom. The summed E-state index contributed by atoms with van der Waals surface area (Å²) in [6, 6.07) is 23.4. The number of hydrogen-bond acceptors (Lipinski definition) is 4. The summed E-state index contributed by atoms with van der Waals surface area (Å²) in [6.07, 6.45) is 2.93. The molecule has 1 N–H and O–H groups in total. The summed E-state index contributed by atoms with van der Waals surface area (Å²) in [5.41, 5.74) is 2.15. The minimum Gasteiger partial charge on any atom is -0.496 e. The molecular formula is C29H35N3O2. The van der Waals surface area contributed by atoms with Crippen LogP contribution >= 0.6 is 0 Å². The highest BCUT2D eigenvalue weighted by Crippen LogP contribution is 2.35. The van der Waals surface area contributed by atoms with E-state index in [4.69, 9.17) is 4.74 Å². The summed E-state index contributed by atoms with van der Waals surface area (Å²) in [6.45, 7) is 6.85. The van der Waals surface area contributed by atoms with E-state index in [0.29, 0.717) is 0 Å². The summed E-state index contributed by atoms with van der Waals surface area (Å²) in [4.78, 5) is 18.2. The molecule has 3 aromatic carbocycles. The molecule has 0 bridgehead atoms. The van der Waals surface area contributed by atoms with Gasteiger partial charge in [-0.15, -0.1) is 0 Å². The third-order valence-corrected chi connectivity index (χ3v) is 7.78. The van der Waals surface area contributed by atoms with Gasteiger partial charge >= 0.3 is 0 Å². The van der Waals surface area contributed by atoms with Crippen molar-refractivity contribution < 1.29 is 9.53 Å². The number of fused-ring (bicyclic) bond motifs is 1. The van der Waals surface area contributed by atoms with Gasteiger partial charge in [0.1, 0.15) is 5.75 Å². The van der Waals surface area contributed by atoms with Crippen LogP contribution in [0.2, 0.25) is 0 Å². The number of piperidine rings is 1. The van der Waals surface area contributed by atoms with Crippen LogP contribution in [0.4, 0.5) is 0 Å². The number of hydrogen-bond donors (Lipinski definition) is 1. The maximum atomic E-state index is 13.4. The molecule has 3 aromatic rings. The Balaban J connectivity index is 1.19. The zero-order chi connectivity index (χ0) is 23.5. The van der Waals surface area contributed by atoms with Gasteiger partial charge in [0, 0.05) is 44.2 Å². The molecule has 178 valence electrons. The van der Waals surface area contributed by atoms with E-state index in [1.165, 1.54) is 16.5 Å². The zero-order valence-electron chi connectivity index (χ0n) is 20.3. The van der Waals surface area contributed by atoms with Gasteiger partial charge in [-0.2, -0.15) is 0 Å². The van der Waals surface area contributed by atoms with Crippen LogP contribution in [0, 0.1) is 0 Å². The van der Waals surface area contributed by atoms with E-state index in [1.807, 2.05) is 12.1 Å². The first-order valence-corrected chi connectivity index (χ1v) is 12.4. The number of ether oxygens (including phenoxy) is 1. The molecule has 1 atom stereocenters. The van der Waals surface area contributed by atoms with Crippen molar-refractivity contribution in [1.82, 2.24) is 15.1 Å². The van der Waals surface area contributed by atoms with Crippen LogP contribution in [0.5, 0.6) is 5.75 Å². The molecule has 5 rings (SSSR count). The maximum absolute atomic E-state index is 13.4. The van der Waals surface area contributed by atoms with Gasteiger partial charge in [0.15, 0.2) is 0 Å². The number of likely N-dealkylation sites (tertiary alicyclic amines) is 2. The van der Waals surface area contributed by atoms with Crippen molar-refractivity contribution in [3.05, 3.63) is 77.9 Å². The largest absolute Gasteiger partial charge is 0.496 e. The van der Waals surface area contributed by atoms with Crippen LogP contribution in [-0.2, 0) is 17.9 Å². The molecule has 0 unspecified atom stereocenters. The predicted molar refractivity (Wildman–Crippen MR) is 137 cm³/mol. The molecule has 2 saturated heterocycles. The first-order chi connectivity index (χ1) is 16.6. The minimum atomic E-state index is -0.442. The Labute approximate surface area is 202 Å². The first kappa shape index (κ1) is 22.9. The molecule has 2 aliphatic heterocycles. The quantitative estimate of drug-likeness (QED) is 0.564. The molecule has 5 heteroatoms. The topological polar surface area (TPSA) is 44.8 Å². The zero-order valence-corrected chi connectivity index (χ0v) is 20.3. The number of amides is 1. The van der Waals surface area contributed by atoms with Gasteiger partial charge in [0.2, 0.25) is 5.91 Å². The lowest BCUT2D eigenvalue weighted by molar-refractivity contribution is -0.143. The monoisotopic (exact) mass is 457 g/mol. The van der Waals surface area contributed by atoms with E-state index in [0.717, 1.165) is 63.1 Å². The van der Waals surface area contributed by atoms with E-state index >= 15 is 0 Å². The summed E-state index contributed by atoms with van der Waals surface area (Å²) in [5, 5.41) is 5.71. The van der Waals surface area contributed by atoms with Gasteiger partial charge in [0.25, 0.3) is 0 Å². The van der Waals surface area contributed by atoms with Gasteiger partial charge in [0.05, 0.1) is 12.6 Å². The van der Waals surface area contributed by atoms with Crippen molar-refractivity contribution in [2.45, 2.75) is 50.9 Å². The lowest BCUT2D eigenvalue weighted by Crippen LogP contribution is -2.66. The van der Waals surface area contributed by atoms with Crippen LogP contribution in [0.1, 0.15) is 37.3 Å². The van der Waals surface area contributed by atoms with Crippen molar-refractivity contribution in [1.29, 1.82) is 0 Å². The van der Waals surface area contributed by atoms with E-state index in [-0.39, 0.29) is 11.9 Å². The van der Waals surface area contributed by atoms with Crippen LogP contribution in [0.15, 0.2) is 66.7 Å². The lowest BCUT2D eigenvalue weighted by atomic mass is 9.84. The number of methoxy groups -OCH3 is 1. The van der Waals surface area contributed by atoms with Crippen LogP contribution in [-0.4, -0.2) is 54.0 Å². The molecule has 0 aromatic heterocycles. The summed E-state index contributed by atoms with van der Waals surface area (Å²) < 4.78 is 5.55. The lowest BCUT2D eigenvalue weighted by Gasteiger charge is -2.50.